The summed E-state index contributed by atoms with van der Waals surface area (Å²) in [5.41, 5.74) is 8.10. The number of fused-ring (bicyclic) bond motifs is 1. The predicted molar refractivity (Wildman–Crippen MR) is 127 cm³/mol. The maximum atomic E-state index is 13.3. The van der Waals surface area contributed by atoms with Crippen molar-refractivity contribution in [2.45, 2.75) is 0 Å². The van der Waals surface area contributed by atoms with E-state index >= 15 is 0 Å². The Morgan fingerprint density at radius 1 is 0.677 bits per heavy atom. The number of halogens is 2. The van der Waals surface area contributed by atoms with E-state index in [0.29, 0.717) is 37.9 Å². The molecule has 0 spiro atoms. The van der Waals surface area contributed by atoms with Crippen molar-refractivity contribution < 1.29 is 9.59 Å². The van der Waals surface area contributed by atoms with Gasteiger partial charge in [0, 0.05) is 32.5 Å². The SMILES string of the molecule is Nc1cc(C(=O)Nc2ccc(Cl)cc2)c(C(=O)Nc2ccc(Cl)cc2)c2ccccc12. The fraction of sp³-hybridized carbons (Fsp3) is 0. The minimum absolute atomic E-state index is 0.164. The third-order valence-electron chi connectivity index (χ3n) is 4.75. The molecule has 7 heteroatoms. The Hall–Kier alpha value is -3.54. The van der Waals surface area contributed by atoms with Gasteiger partial charge in [-0.2, -0.15) is 0 Å². The van der Waals surface area contributed by atoms with E-state index in [9.17, 15) is 9.59 Å². The van der Waals surface area contributed by atoms with Crippen LogP contribution in [0.5, 0.6) is 0 Å². The maximum Gasteiger partial charge on any atom is 0.257 e. The second-order valence-corrected chi connectivity index (χ2v) is 7.73. The van der Waals surface area contributed by atoms with Gasteiger partial charge in [0.05, 0.1) is 11.1 Å². The van der Waals surface area contributed by atoms with Gasteiger partial charge in [-0.15, -0.1) is 0 Å². The molecule has 2 amide bonds. The molecule has 31 heavy (non-hydrogen) atoms. The lowest BCUT2D eigenvalue weighted by Crippen LogP contribution is -2.21. The molecule has 0 saturated carbocycles. The molecule has 0 aliphatic carbocycles. The minimum atomic E-state index is -0.457. The minimum Gasteiger partial charge on any atom is -0.398 e. The molecule has 0 aromatic heterocycles. The van der Waals surface area contributed by atoms with Gasteiger partial charge in [0.1, 0.15) is 0 Å². The van der Waals surface area contributed by atoms with Crippen molar-refractivity contribution in [3.05, 3.63) is 100 Å². The molecule has 0 heterocycles. The second-order valence-electron chi connectivity index (χ2n) is 6.86. The topological polar surface area (TPSA) is 84.2 Å². The highest BCUT2D eigenvalue weighted by Crippen LogP contribution is 2.30. The predicted octanol–water partition coefficient (Wildman–Crippen LogP) is 6.23. The zero-order valence-corrected chi connectivity index (χ0v) is 17.7. The number of carbonyl (C=O) groups excluding carboxylic acids is 2. The quantitative estimate of drug-likeness (QED) is 0.322. The Bertz CT molecular complexity index is 1290. The molecule has 5 nitrogen and oxygen atoms in total. The number of nitrogens with one attached hydrogen (secondary N) is 2. The van der Waals surface area contributed by atoms with Crippen molar-refractivity contribution in [3.8, 4) is 0 Å². The summed E-state index contributed by atoms with van der Waals surface area (Å²) in [4.78, 5) is 26.4. The Morgan fingerprint density at radius 2 is 1.16 bits per heavy atom. The number of hydrogen-bond donors (Lipinski definition) is 3. The molecule has 4 N–H and O–H groups in total. The Balaban J connectivity index is 1.78. The lowest BCUT2D eigenvalue weighted by molar-refractivity contribution is 0.0992. The maximum absolute atomic E-state index is 13.3. The summed E-state index contributed by atoms with van der Waals surface area (Å²) in [6, 6.07) is 22.1. The average Bonchev–Trinajstić information content (AvgIpc) is 2.76. The summed E-state index contributed by atoms with van der Waals surface area (Å²) in [7, 11) is 0. The van der Waals surface area contributed by atoms with Crippen LogP contribution in [0.1, 0.15) is 20.7 Å². The third-order valence-corrected chi connectivity index (χ3v) is 5.26. The van der Waals surface area contributed by atoms with Gasteiger partial charge in [0.2, 0.25) is 0 Å². The average molecular weight is 450 g/mol. The summed E-state index contributed by atoms with van der Waals surface area (Å²) in [5, 5.41) is 7.99. The fourth-order valence-electron chi connectivity index (χ4n) is 3.29. The lowest BCUT2D eigenvalue weighted by atomic mass is 9.96. The molecule has 154 valence electrons. The van der Waals surface area contributed by atoms with Crippen LogP contribution in [0.2, 0.25) is 10.0 Å². The number of anilines is 3. The van der Waals surface area contributed by atoms with Crippen LogP contribution in [0.3, 0.4) is 0 Å². The number of nitrogens with two attached hydrogens (primary N) is 1. The normalized spacial score (nSPS) is 10.6. The Kier molecular flexibility index (Phi) is 5.80. The molecule has 0 unspecified atom stereocenters. The van der Waals surface area contributed by atoms with Crippen LogP contribution in [-0.4, -0.2) is 11.8 Å². The van der Waals surface area contributed by atoms with Crippen LogP contribution in [-0.2, 0) is 0 Å². The molecule has 4 rings (SSSR count). The van der Waals surface area contributed by atoms with E-state index in [1.807, 2.05) is 12.1 Å². The van der Waals surface area contributed by atoms with Crippen LogP contribution in [0.4, 0.5) is 17.1 Å². The van der Waals surface area contributed by atoms with Crippen molar-refractivity contribution >= 4 is 62.9 Å². The molecule has 0 aliphatic rings. The first kappa shape index (κ1) is 20.7. The highest BCUT2D eigenvalue weighted by molar-refractivity contribution is 6.31. The highest BCUT2D eigenvalue weighted by atomic mass is 35.5. The van der Waals surface area contributed by atoms with Gasteiger partial charge < -0.3 is 16.4 Å². The van der Waals surface area contributed by atoms with Crippen LogP contribution in [0, 0.1) is 0 Å². The number of amides is 2. The van der Waals surface area contributed by atoms with Gasteiger partial charge in [-0.3, -0.25) is 9.59 Å². The number of rotatable bonds is 4. The van der Waals surface area contributed by atoms with E-state index in [1.54, 1.807) is 60.7 Å². The molecule has 0 bridgehead atoms. The summed E-state index contributed by atoms with van der Waals surface area (Å²) in [6.45, 7) is 0. The summed E-state index contributed by atoms with van der Waals surface area (Å²) < 4.78 is 0. The van der Waals surface area contributed by atoms with Crippen molar-refractivity contribution in [1.29, 1.82) is 0 Å². The zero-order valence-electron chi connectivity index (χ0n) is 16.2. The zero-order chi connectivity index (χ0) is 22.0. The molecule has 4 aromatic rings. The van der Waals surface area contributed by atoms with Gasteiger partial charge >= 0.3 is 0 Å². The van der Waals surface area contributed by atoms with Crippen molar-refractivity contribution in [3.63, 3.8) is 0 Å². The molecule has 0 atom stereocenters. The summed E-state index contributed by atoms with van der Waals surface area (Å²) in [6.07, 6.45) is 0. The van der Waals surface area contributed by atoms with Gasteiger partial charge in [0.15, 0.2) is 0 Å². The lowest BCUT2D eigenvalue weighted by Gasteiger charge is -2.15. The molecular formula is C24H17Cl2N3O2. The number of nitrogen functional groups attached to an aromatic ring is 1. The van der Waals surface area contributed by atoms with E-state index in [4.69, 9.17) is 28.9 Å². The first-order valence-corrected chi connectivity index (χ1v) is 10.1. The van der Waals surface area contributed by atoms with Crippen LogP contribution < -0.4 is 16.4 Å². The number of benzene rings is 4. The molecule has 0 radical (unpaired) electrons. The molecule has 0 saturated heterocycles. The van der Waals surface area contributed by atoms with Gasteiger partial charge in [0.25, 0.3) is 11.8 Å². The van der Waals surface area contributed by atoms with Crippen LogP contribution in [0.25, 0.3) is 10.8 Å². The van der Waals surface area contributed by atoms with E-state index < -0.39 is 11.8 Å². The number of hydrogen-bond acceptors (Lipinski definition) is 3. The van der Waals surface area contributed by atoms with E-state index in [1.165, 1.54) is 6.07 Å². The summed E-state index contributed by atoms with van der Waals surface area (Å²) >= 11 is 11.8. The van der Waals surface area contributed by atoms with E-state index in [2.05, 4.69) is 10.6 Å². The van der Waals surface area contributed by atoms with Crippen molar-refractivity contribution in [2.75, 3.05) is 16.4 Å². The molecule has 4 aromatic carbocycles. The van der Waals surface area contributed by atoms with Crippen LogP contribution in [0.15, 0.2) is 78.9 Å². The van der Waals surface area contributed by atoms with E-state index in [-0.39, 0.29) is 11.1 Å². The Labute approximate surface area is 188 Å². The van der Waals surface area contributed by atoms with Gasteiger partial charge in [-0.05, 0) is 60.0 Å². The summed E-state index contributed by atoms with van der Waals surface area (Å²) in [5.74, 6) is -0.888. The monoisotopic (exact) mass is 449 g/mol. The molecule has 0 aliphatic heterocycles. The fourth-order valence-corrected chi connectivity index (χ4v) is 3.54. The third kappa shape index (κ3) is 4.48. The molecule has 0 fully saturated rings. The highest BCUT2D eigenvalue weighted by Gasteiger charge is 2.22. The van der Waals surface area contributed by atoms with Crippen LogP contribution >= 0.6 is 23.2 Å². The Morgan fingerprint density at radius 3 is 1.71 bits per heavy atom. The standard InChI is InChI=1S/C24H17Cl2N3O2/c25-14-5-9-16(10-6-14)28-23(30)20-13-21(27)18-3-1-2-4-19(18)22(20)24(31)29-17-11-7-15(26)8-12-17/h1-13H,27H2,(H,28,30)(H,29,31). The first-order chi connectivity index (χ1) is 14.9. The molecular weight excluding hydrogens is 433 g/mol. The van der Waals surface area contributed by atoms with Gasteiger partial charge in [-0.1, -0.05) is 47.5 Å². The largest absolute Gasteiger partial charge is 0.398 e. The number of carbonyl (C=O) groups is 2. The first-order valence-electron chi connectivity index (χ1n) is 9.37. The van der Waals surface area contributed by atoms with E-state index in [0.717, 1.165) is 0 Å². The van der Waals surface area contributed by atoms with Crippen molar-refractivity contribution in [1.82, 2.24) is 0 Å². The van der Waals surface area contributed by atoms with Crippen molar-refractivity contribution in [2.24, 2.45) is 0 Å². The smallest absolute Gasteiger partial charge is 0.257 e. The van der Waals surface area contributed by atoms with Gasteiger partial charge in [-0.25, -0.2) is 0 Å². The second kappa shape index (κ2) is 8.68.